The summed E-state index contributed by atoms with van der Waals surface area (Å²) in [6.07, 6.45) is 0. The second-order valence-electron chi connectivity index (χ2n) is 4.30. The summed E-state index contributed by atoms with van der Waals surface area (Å²) in [5, 5.41) is 0. The van der Waals surface area contributed by atoms with E-state index in [1.165, 1.54) is 0 Å². The van der Waals surface area contributed by atoms with Crippen molar-refractivity contribution in [1.29, 1.82) is 0 Å². The molecule has 0 aliphatic rings. The van der Waals surface area contributed by atoms with Crippen LogP contribution < -0.4 is 0 Å². The Balaban J connectivity index is 6.37. The Kier molecular flexibility index (Phi) is 4.24. The maximum atomic E-state index is 13.3. The molecule has 0 bridgehead atoms. The molecule has 0 aromatic rings. The highest BCUT2D eigenvalue weighted by molar-refractivity contribution is 7.20. The van der Waals surface area contributed by atoms with Crippen molar-refractivity contribution < 1.29 is 32.9 Å². The van der Waals surface area contributed by atoms with Crippen LogP contribution in [0.4, 0.5) is 32.9 Å². The Morgan fingerprint density at radius 3 is 0.588 bits per heavy atom. The van der Waals surface area contributed by atoms with E-state index >= 15 is 0 Å². The zero-order chi connectivity index (χ0) is 14.5. The number of hydrogen-bond donors (Lipinski definition) is 0. The van der Waals surface area contributed by atoms with Gasteiger partial charge in [-0.05, 0) is 26.2 Å². The molecule has 0 N–H and O–H groups in total. The first-order valence-corrected chi connectivity index (χ1v) is 13.5. The van der Waals surface area contributed by atoms with E-state index in [2.05, 4.69) is 0 Å². The maximum absolute atomic E-state index is 13.3. The first-order valence-electron chi connectivity index (χ1n) is 4.51. The third-order valence-corrected chi connectivity index (χ3v) is 23.7. The largest absolute Gasteiger partial charge is 0.435 e. The number of halogens is 8. The van der Waals surface area contributed by atoms with Gasteiger partial charge < -0.3 is 0 Å². The summed E-state index contributed by atoms with van der Waals surface area (Å²) in [4.78, 5) is 0. The van der Waals surface area contributed by atoms with E-state index in [1.54, 1.807) is 0 Å². The van der Waals surface area contributed by atoms with Gasteiger partial charge in [0.15, 0.2) is 3.91 Å². The van der Waals surface area contributed by atoms with Gasteiger partial charge in [-0.2, -0.15) is 0 Å². The highest BCUT2D eigenvalue weighted by atomic mass is 28.6. The second kappa shape index (κ2) is 4.16. The highest BCUT2D eigenvalue weighted by Gasteiger charge is 2.90. The summed E-state index contributed by atoms with van der Waals surface area (Å²) in [6, 6.07) is 0. The fraction of sp³-hybridized carbons (Fsp3) is 1.00. The van der Waals surface area contributed by atoms with Gasteiger partial charge in [-0.15, -0.1) is 0 Å². The molecule has 0 spiro atoms. The molecule has 0 saturated carbocycles. The van der Waals surface area contributed by atoms with Gasteiger partial charge in [-0.3, -0.25) is 32.9 Å². The van der Waals surface area contributed by atoms with E-state index in [0.29, 0.717) is 0 Å². The Morgan fingerprint density at radius 2 is 0.588 bits per heavy atom. The van der Waals surface area contributed by atoms with Crippen LogP contribution in [0.2, 0.25) is 30.1 Å². The molecule has 0 saturated heterocycles. The van der Waals surface area contributed by atoms with E-state index in [4.69, 9.17) is 0 Å². The number of rotatable bonds is 4. The van der Waals surface area contributed by atoms with Gasteiger partial charge in [-0.25, -0.2) is 0 Å². The van der Waals surface area contributed by atoms with Crippen molar-refractivity contribution in [2.24, 2.45) is 0 Å². The molecule has 0 nitrogen and oxygen atoms in total. The van der Waals surface area contributed by atoms with Crippen LogP contribution in [0.5, 0.6) is 0 Å². The lowest BCUT2D eigenvalue weighted by molar-refractivity contribution is 0.461. The van der Waals surface area contributed by atoms with Crippen molar-refractivity contribution in [3.8, 4) is 0 Å². The van der Waals surface area contributed by atoms with Crippen molar-refractivity contribution in [3.05, 3.63) is 0 Å². The van der Waals surface area contributed by atoms with Gasteiger partial charge in [0.1, 0.15) is 0 Å². The summed E-state index contributed by atoms with van der Waals surface area (Å²) in [6.45, 7) is -0.475. The zero-order valence-corrected chi connectivity index (χ0v) is 13.5. The van der Waals surface area contributed by atoms with Gasteiger partial charge in [0.05, 0.1) is 0 Å². The SMILES string of the molecule is C[Si](F)(F)C([Si](C)(F)F)([Si](C)(F)F)[Si](C)(F)F. The third kappa shape index (κ3) is 2.53. The predicted octanol–water partition coefficient (Wildman–Crippen LogP) is 4.39. The minimum absolute atomic E-state index is 0.119. The van der Waals surface area contributed by atoms with Crippen LogP contribution in [-0.2, 0) is 0 Å². The Morgan fingerprint density at radius 1 is 0.471 bits per heavy atom. The van der Waals surface area contributed by atoms with Gasteiger partial charge in [0.25, 0.3) is 0 Å². The Hall–Kier alpha value is 0.308. The Bertz CT molecular complexity index is 219. The molecule has 12 heteroatoms. The monoisotopic (exact) mass is 336 g/mol. The summed E-state index contributed by atoms with van der Waals surface area (Å²) >= 11 is 0. The van der Waals surface area contributed by atoms with Crippen LogP contribution in [0.1, 0.15) is 0 Å². The molecule has 0 atom stereocenters. The molecule has 17 heavy (non-hydrogen) atoms. The summed E-state index contributed by atoms with van der Waals surface area (Å²) in [5.74, 6) is 0. The van der Waals surface area contributed by atoms with E-state index in [0.717, 1.165) is 0 Å². The van der Waals surface area contributed by atoms with Crippen molar-refractivity contribution in [2.75, 3.05) is 0 Å². The van der Waals surface area contributed by atoms with Gasteiger partial charge in [-0.1, -0.05) is 0 Å². The first-order chi connectivity index (χ1) is 7.00. The fourth-order valence-corrected chi connectivity index (χ4v) is 20.8. The van der Waals surface area contributed by atoms with Crippen molar-refractivity contribution in [1.82, 2.24) is 0 Å². The minimum atomic E-state index is -6.41. The van der Waals surface area contributed by atoms with E-state index in [9.17, 15) is 32.9 Å². The van der Waals surface area contributed by atoms with Crippen LogP contribution in [0.15, 0.2) is 0 Å². The van der Waals surface area contributed by atoms with Crippen LogP contribution in [-0.4, -0.2) is 35.0 Å². The molecule has 0 aromatic carbocycles. The molecule has 0 radical (unpaired) electrons. The van der Waals surface area contributed by atoms with Crippen LogP contribution in [0.25, 0.3) is 0 Å². The number of hydrogen-bond acceptors (Lipinski definition) is 0. The van der Waals surface area contributed by atoms with E-state index in [1.807, 2.05) is 0 Å². The molecule has 0 heterocycles. The van der Waals surface area contributed by atoms with Gasteiger partial charge in [0.2, 0.25) is 0 Å². The van der Waals surface area contributed by atoms with Crippen LogP contribution in [0.3, 0.4) is 0 Å². The molecule has 0 aromatic heterocycles. The lowest BCUT2D eigenvalue weighted by atomic mass is 11.7. The predicted molar refractivity (Wildman–Crippen MR) is 58.0 cm³/mol. The highest BCUT2D eigenvalue weighted by Crippen LogP contribution is 2.62. The van der Waals surface area contributed by atoms with Crippen LogP contribution >= 0.6 is 0 Å². The lowest BCUT2D eigenvalue weighted by Crippen LogP contribution is -2.72. The van der Waals surface area contributed by atoms with Crippen LogP contribution in [0, 0.1) is 0 Å². The molecule has 0 aliphatic carbocycles. The normalized spacial score (nSPS) is 16.2. The quantitative estimate of drug-likeness (QED) is 0.406. The molecule has 0 rings (SSSR count). The van der Waals surface area contributed by atoms with Crippen molar-refractivity contribution in [3.63, 3.8) is 0 Å². The van der Waals surface area contributed by atoms with Crippen molar-refractivity contribution in [2.45, 2.75) is 30.1 Å². The molecule has 0 fully saturated rings. The molecular formula is C5H12F8Si4. The molecular weight excluding hydrogens is 324 g/mol. The summed E-state index contributed by atoms with van der Waals surface area (Å²) < 4.78 is 102. The van der Waals surface area contributed by atoms with Gasteiger partial charge in [0, 0.05) is 0 Å². The second-order valence-corrected chi connectivity index (χ2v) is 17.4. The fourth-order valence-electron chi connectivity index (χ4n) is 2.31. The molecule has 104 valence electrons. The lowest BCUT2D eigenvalue weighted by Gasteiger charge is -2.43. The standard InChI is InChI=1S/C5H12F8Si4/c1-14(6,7)5(15(2,8)9,16(3,10)11)17(4,12)13/h1-4H3. The average Bonchev–Trinajstić information content (AvgIpc) is 1.67. The Labute approximate surface area is 98.4 Å². The molecule has 0 aliphatic heterocycles. The minimum Gasteiger partial charge on any atom is -0.270 e. The molecule has 0 unspecified atom stereocenters. The average molecular weight is 336 g/mol. The summed E-state index contributed by atoms with van der Waals surface area (Å²) in [7, 11) is -25.6. The maximum Gasteiger partial charge on any atom is 0.435 e. The van der Waals surface area contributed by atoms with E-state index < -0.39 is 38.9 Å². The summed E-state index contributed by atoms with van der Waals surface area (Å²) in [5.41, 5.74) is 0. The first kappa shape index (κ1) is 17.3. The zero-order valence-electron chi connectivity index (χ0n) is 9.52. The van der Waals surface area contributed by atoms with E-state index in [-0.39, 0.29) is 26.2 Å². The molecule has 0 amide bonds. The van der Waals surface area contributed by atoms with Crippen molar-refractivity contribution >= 4 is 35.0 Å². The topological polar surface area (TPSA) is 0 Å². The smallest absolute Gasteiger partial charge is 0.270 e. The third-order valence-electron chi connectivity index (χ3n) is 2.63. The van der Waals surface area contributed by atoms with Gasteiger partial charge >= 0.3 is 35.0 Å².